The molecule has 0 aliphatic heterocycles. The van der Waals surface area contributed by atoms with E-state index in [2.05, 4.69) is 75.4 Å². The zero-order valence-corrected chi connectivity index (χ0v) is 14.8. The Morgan fingerprint density at radius 1 is 1.00 bits per heavy atom. The van der Waals surface area contributed by atoms with Crippen LogP contribution in [0.2, 0.25) is 0 Å². The lowest BCUT2D eigenvalue weighted by atomic mass is 9.70. The summed E-state index contributed by atoms with van der Waals surface area (Å²) in [4.78, 5) is 0. The van der Waals surface area contributed by atoms with Gasteiger partial charge in [0.2, 0.25) is 0 Å². The number of hydrogen-bond acceptors (Lipinski definition) is 1. The Bertz CT molecular complexity index is 590. The van der Waals surface area contributed by atoms with Crippen LogP contribution in [0.15, 0.2) is 54.6 Å². The molecule has 1 heteroatoms. The molecule has 1 nitrogen and oxygen atoms in total. The van der Waals surface area contributed by atoms with Gasteiger partial charge in [0.15, 0.2) is 0 Å². The molecule has 0 heterocycles. The van der Waals surface area contributed by atoms with E-state index in [1.54, 1.807) is 0 Å². The van der Waals surface area contributed by atoms with Gasteiger partial charge in [-0.2, -0.15) is 0 Å². The molecule has 0 aliphatic carbocycles. The first-order chi connectivity index (χ1) is 11.1. The van der Waals surface area contributed by atoms with E-state index in [-0.39, 0.29) is 12.0 Å². The van der Waals surface area contributed by atoms with Crippen LogP contribution in [0.3, 0.4) is 0 Å². The number of benzene rings is 2. The molecule has 0 spiro atoms. The average molecular weight is 310 g/mol. The summed E-state index contributed by atoms with van der Waals surface area (Å²) in [6, 6.07) is 19.6. The molecule has 0 fully saturated rings. The Labute approximate surface area is 141 Å². The van der Waals surface area contributed by atoms with Gasteiger partial charge in [0, 0.05) is 12.0 Å². The molecular formula is C22H30O. The maximum absolute atomic E-state index is 9.38. The lowest BCUT2D eigenvalue weighted by Crippen LogP contribution is -2.26. The van der Waals surface area contributed by atoms with Crippen molar-refractivity contribution in [2.24, 2.45) is 5.92 Å². The molecule has 0 bridgehead atoms. The normalized spacial score (nSPS) is 15.1. The SMILES string of the molecule is CCC(C)Cc1ccccc1C(C)(CCCO)c1ccccc1. The van der Waals surface area contributed by atoms with Crippen molar-refractivity contribution < 1.29 is 5.11 Å². The molecule has 0 radical (unpaired) electrons. The minimum Gasteiger partial charge on any atom is -0.396 e. The summed E-state index contributed by atoms with van der Waals surface area (Å²) in [5.74, 6) is 0.689. The highest BCUT2D eigenvalue weighted by molar-refractivity contribution is 5.43. The van der Waals surface area contributed by atoms with Crippen molar-refractivity contribution >= 4 is 0 Å². The number of rotatable bonds is 8. The Balaban J connectivity index is 2.48. The van der Waals surface area contributed by atoms with Crippen LogP contribution in [-0.4, -0.2) is 11.7 Å². The van der Waals surface area contributed by atoms with E-state index in [0.29, 0.717) is 5.92 Å². The van der Waals surface area contributed by atoms with Crippen molar-refractivity contribution in [3.63, 3.8) is 0 Å². The van der Waals surface area contributed by atoms with Crippen LogP contribution in [-0.2, 0) is 11.8 Å². The van der Waals surface area contributed by atoms with Gasteiger partial charge < -0.3 is 5.11 Å². The highest BCUT2D eigenvalue weighted by Crippen LogP contribution is 2.38. The zero-order chi connectivity index (χ0) is 16.7. The number of aliphatic hydroxyl groups is 1. The molecule has 23 heavy (non-hydrogen) atoms. The second kappa shape index (κ2) is 8.31. The lowest BCUT2D eigenvalue weighted by Gasteiger charge is -2.33. The molecule has 0 aromatic heterocycles. The Kier molecular flexibility index (Phi) is 6.41. The van der Waals surface area contributed by atoms with Crippen LogP contribution in [0.4, 0.5) is 0 Å². The summed E-state index contributed by atoms with van der Waals surface area (Å²) in [7, 11) is 0. The van der Waals surface area contributed by atoms with Gasteiger partial charge in [0.05, 0.1) is 0 Å². The summed E-state index contributed by atoms with van der Waals surface area (Å²) >= 11 is 0. The van der Waals surface area contributed by atoms with Gasteiger partial charge in [0.1, 0.15) is 0 Å². The number of hydrogen-bond donors (Lipinski definition) is 1. The smallest absolute Gasteiger partial charge is 0.0431 e. The van der Waals surface area contributed by atoms with Crippen LogP contribution in [0.1, 0.15) is 56.7 Å². The topological polar surface area (TPSA) is 20.2 Å². The first kappa shape index (κ1) is 17.7. The van der Waals surface area contributed by atoms with Crippen molar-refractivity contribution in [3.8, 4) is 0 Å². The second-order valence-corrected chi connectivity index (χ2v) is 6.90. The van der Waals surface area contributed by atoms with Gasteiger partial charge in [-0.05, 0) is 41.9 Å². The molecule has 2 aromatic carbocycles. The monoisotopic (exact) mass is 310 g/mol. The molecule has 0 saturated carbocycles. The van der Waals surface area contributed by atoms with E-state index in [1.807, 2.05) is 0 Å². The predicted molar refractivity (Wildman–Crippen MR) is 98.8 cm³/mol. The average Bonchev–Trinajstić information content (AvgIpc) is 2.60. The maximum Gasteiger partial charge on any atom is 0.0431 e. The van der Waals surface area contributed by atoms with Crippen molar-refractivity contribution in [2.45, 2.75) is 51.9 Å². The van der Waals surface area contributed by atoms with E-state index in [0.717, 1.165) is 19.3 Å². The van der Waals surface area contributed by atoms with Gasteiger partial charge in [-0.1, -0.05) is 81.8 Å². The molecule has 124 valence electrons. The van der Waals surface area contributed by atoms with Crippen LogP contribution in [0.25, 0.3) is 0 Å². The fraction of sp³-hybridized carbons (Fsp3) is 0.455. The van der Waals surface area contributed by atoms with Crippen molar-refractivity contribution in [1.82, 2.24) is 0 Å². The molecular weight excluding hydrogens is 280 g/mol. The summed E-state index contributed by atoms with van der Waals surface area (Å²) in [5, 5.41) is 9.38. The molecule has 2 unspecified atom stereocenters. The van der Waals surface area contributed by atoms with E-state index < -0.39 is 0 Å². The van der Waals surface area contributed by atoms with Gasteiger partial charge in [-0.15, -0.1) is 0 Å². The Morgan fingerprint density at radius 2 is 1.65 bits per heavy atom. The number of aliphatic hydroxyl groups excluding tert-OH is 1. The molecule has 2 aromatic rings. The Hall–Kier alpha value is -1.60. The van der Waals surface area contributed by atoms with E-state index >= 15 is 0 Å². The van der Waals surface area contributed by atoms with Gasteiger partial charge in [-0.3, -0.25) is 0 Å². The van der Waals surface area contributed by atoms with Crippen LogP contribution < -0.4 is 0 Å². The Morgan fingerprint density at radius 3 is 2.30 bits per heavy atom. The predicted octanol–water partition coefficient (Wildman–Crippen LogP) is 5.35. The summed E-state index contributed by atoms with van der Waals surface area (Å²) in [6.07, 6.45) is 4.11. The molecule has 0 amide bonds. The van der Waals surface area contributed by atoms with E-state index in [1.165, 1.54) is 23.1 Å². The minimum atomic E-state index is -0.0476. The van der Waals surface area contributed by atoms with Gasteiger partial charge >= 0.3 is 0 Å². The quantitative estimate of drug-likeness (QED) is 0.696. The lowest BCUT2D eigenvalue weighted by molar-refractivity contribution is 0.272. The van der Waals surface area contributed by atoms with Crippen molar-refractivity contribution in [1.29, 1.82) is 0 Å². The molecule has 0 saturated heterocycles. The molecule has 1 N–H and O–H groups in total. The van der Waals surface area contributed by atoms with Crippen molar-refractivity contribution in [2.75, 3.05) is 6.61 Å². The van der Waals surface area contributed by atoms with E-state index in [9.17, 15) is 5.11 Å². The summed E-state index contributed by atoms with van der Waals surface area (Å²) < 4.78 is 0. The second-order valence-electron chi connectivity index (χ2n) is 6.90. The van der Waals surface area contributed by atoms with Gasteiger partial charge in [0.25, 0.3) is 0 Å². The highest BCUT2D eigenvalue weighted by Gasteiger charge is 2.30. The van der Waals surface area contributed by atoms with Crippen LogP contribution >= 0.6 is 0 Å². The van der Waals surface area contributed by atoms with E-state index in [4.69, 9.17) is 0 Å². The van der Waals surface area contributed by atoms with Crippen LogP contribution in [0.5, 0.6) is 0 Å². The molecule has 2 atom stereocenters. The third kappa shape index (κ3) is 4.23. The van der Waals surface area contributed by atoms with Crippen LogP contribution in [0, 0.1) is 5.92 Å². The standard InChI is InChI=1S/C22H30O/c1-4-18(2)17-19-11-8-9-14-21(19)22(3,15-10-16-23)20-12-6-5-7-13-20/h5-9,11-14,18,23H,4,10,15-17H2,1-3H3. The maximum atomic E-state index is 9.38. The fourth-order valence-corrected chi connectivity index (χ4v) is 3.43. The fourth-order valence-electron chi connectivity index (χ4n) is 3.43. The first-order valence-electron chi connectivity index (χ1n) is 8.86. The molecule has 0 aliphatic rings. The summed E-state index contributed by atoms with van der Waals surface area (Å²) in [6.45, 7) is 7.16. The first-order valence-corrected chi connectivity index (χ1v) is 8.86. The van der Waals surface area contributed by atoms with Gasteiger partial charge in [-0.25, -0.2) is 0 Å². The zero-order valence-electron chi connectivity index (χ0n) is 14.8. The third-order valence-corrected chi connectivity index (χ3v) is 5.12. The summed E-state index contributed by atoms with van der Waals surface area (Å²) in [5.41, 5.74) is 4.16. The van der Waals surface area contributed by atoms with Crippen molar-refractivity contribution in [3.05, 3.63) is 71.3 Å². The minimum absolute atomic E-state index is 0.0476. The third-order valence-electron chi connectivity index (χ3n) is 5.12. The largest absolute Gasteiger partial charge is 0.396 e. The highest BCUT2D eigenvalue weighted by atomic mass is 16.2. The molecule has 2 rings (SSSR count).